The predicted octanol–water partition coefficient (Wildman–Crippen LogP) is 7.37. The fourth-order valence-corrected chi connectivity index (χ4v) is 15.9. The molecular formula is C24H36O4P4. The van der Waals surface area contributed by atoms with E-state index in [1.807, 2.05) is 48.5 Å². The summed E-state index contributed by atoms with van der Waals surface area (Å²) < 4.78 is 53.8. The van der Waals surface area contributed by atoms with Crippen LogP contribution in [0.25, 0.3) is 0 Å². The summed E-state index contributed by atoms with van der Waals surface area (Å²) in [5, 5.41) is 0. The van der Waals surface area contributed by atoms with Crippen molar-refractivity contribution in [3.8, 4) is 0 Å². The lowest BCUT2D eigenvalue weighted by atomic mass is 10.1. The molecule has 0 amide bonds. The molecule has 0 radical (unpaired) electrons. The van der Waals surface area contributed by atoms with E-state index in [0.717, 1.165) is 22.3 Å². The zero-order valence-corrected chi connectivity index (χ0v) is 23.3. The number of hydrogen-bond donors (Lipinski definition) is 0. The third kappa shape index (κ3) is 7.71. The lowest BCUT2D eigenvalue weighted by Gasteiger charge is -2.23. The summed E-state index contributed by atoms with van der Waals surface area (Å²) in [6.45, 7) is 7.22. The zero-order valence-electron chi connectivity index (χ0n) is 19.7. The van der Waals surface area contributed by atoms with Gasteiger partial charge in [0.1, 0.15) is 0 Å². The van der Waals surface area contributed by atoms with Gasteiger partial charge < -0.3 is 18.3 Å². The van der Waals surface area contributed by atoms with Crippen molar-refractivity contribution < 1.29 is 18.3 Å². The van der Waals surface area contributed by atoms with Crippen LogP contribution in [-0.4, -0.2) is 51.3 Å². The lowest BCUT2D eigenvalue weighted by molar-refractivity contribution is 0.570. The standard InChI is InChI=1S/C24H36O4P4/c1-29(25)13-14-30(2,26)19-23-11-7-8-12-24(23)20-32(4,28)16-15-31(3,27)18-22-10-6-5-9-21(22)17-29/h5-12H,13-20H2,1-4H3. The third-order valence-corrected chi connectivity index (χ3v) is 15.8. The Morgan fingerprint density at radius 2 is 0.625 bits per heavy atom. The van der Waals surface area contributed by atoms with Gasteiger partial charge in [-0.25, -0.2) is 0 Å². The molecule has 4 atom stereocenters. The van der Waals surface area contributed by atoms with Crippen molar-refractivity contribution >= 4 is 28.6 Å². The smallest absolute Gasteiger partial charge is 0.0894 e. The second-order valence-electron chi connectivity index (χ2n) is 10.3. The van der Waals surface area contributed by atoms with Gasteiger partial charge in [-0.1, -0.05) is 48.5 Å². The van der Waals surface area contributed by atoms with Gasteiger partial charge in [-0.2, -0.15) is 0 Å². The van der Waals surface area contributed by atoms with E-state index in [1.165, 1.54) is 0 Å². The molecular weight excluding hydrogens is 476 g/mol. The van der Waals surface area contributed by atoms with Crippen molar-refractivity contribution in [1.29, 1.82) is 0 Å². The van der Waals surface area contributed by atoms with Crippen LogP contribution in [-0.2, 0) is 42.9 Å². The second kappa shape index (κ2) is 9.92. The van der Waals surface area contributed by atoms with Gasteiger partial charge in [0.2, 0.25) is 0 Å². The first-order valence-electron chi connectivity index (χ1n) is 11.1. The molecule has 0 aromatic heterocycles. The van der Waals surface area contributed by atoms with Gasteiger partial charge in [-0.3, -0.25) is 0 Å². The molecule has 0 spiro atoms. The Bertz CT molecular complexity index is 989. The lowest BCUT2D eigenvalue weighted by Crippen LogP contribution is -2.07. The molecule has 0 N–H and O–H groups in total. The predicted molar refractivity (Wildman–Crippen MR) is 141 cm³/mol. The van der Waals surface area contributed by atoms with Gasteiger partial charge in [0.15, 0.2) is 0 Å². The summed E-state index contributed by atoms with van der Waals surface area (Å²) in [5.74, 6) is 0. The Labute approximate surface area is 193 Å². The van der Waals surface area contributed by atoms with Crippen molar-refractivity contribution in [1.82, 2.24) is 0 Å². The molecule has 1 aliphatic heterocycles. The molecule has 8 heteroatoms. The van der Waals surface area contributed by atoms with E-state index in [4.69, 9.17) is 0 Å². The molecule has 0 saturated carbocycles. The van der Waals surface area contributed by atoms with Crippen LogP contribution >= 0.6 is 28.6 Å². The summed E-state index contributed by atoms with van der Waals surface area (Å²) in [6.07, 6.45) is 3.50. The van der Waals surface area contributed by atoms with Gasteiger partial charge in [-0.15, -0.1) is 0 Å². The third-order valence-electron chi connectivity index (χ3n) is 6.35. The Morgan fingerprint density at radius 1 is 0.438 bits per heavy atom. The minimum atomic E-state index is -2.55. The zero-order chi connectivity index (χ0) is 23.6. The molecule has 32 heavy (non-hydrogen) atoms. The van der Waals surface area contributed by atoms with Crippen LogP contribution < -0.4 is 0 Å². The van der Waals surface area contributed by atoms with Crippen LogP contribution in [0.3, 0.4) is 0 Å². The minimum absolute atomic E-state index is 0.437. The first kappa shape index (κ1) is 26.0. The second-order valence-corrected chi connectivity index (χ2v) is 23.7. The number of rotatable bonds is 0. The van der Waals surface area contributed by atoms with E-state index in [9.17, 15) is 18.3 Å². The van der Waals surface area contributed by atoms with Gasteiger partial charge in [0, 0.05) is 49.3 Å². The molecule has 0 fully saturated rings. The molecule has 0 aliphatic carbocycles. The Hall–Kier alpha value is -0.640. The maximum atomic E-state index is 13.5. The average molecular weight is 512 g/mol. The molecule has 1 aliphatic rings. The summed E-state index contributed by atoms with van der Waals surface area (Å²) in [5.41, 5.74) is 3.90. The molecule has 2 aromatic carbocycles. The molecule has 4 nitrogen and oxygen atoms in total. The first-order valence-corrected chi connectivity index (χ1v) is 21.2. The topological polar surface area (TPSA) is 68.3 Å². The highest BCUT2D eigenvalue weighted by Crippen LogP contribution is 2.56. The number of benzene rings is 2. The fraction of sp³-hybridized carbons (Fsp3) is 0.500. The summed E-state index contributed by atoms with van der Waals surface area (Å²) in [6, 6.07) is 15.6. The van der Waals surface area contributed by atoms with Crippen LogP contribution in [0, 0.1) is 0 Å². The highest BCUT2D eigenvalue weighted by molar-refractivity contribution is 7.67. The minimum Gasteiger partial charge on any atom is -0.323 e. The van der Waals surface area contributed by atoms with Crippen molar-refractivity contribution in [2.75, 3.05) is 51.3 Å². The highest BCUT2D eigenvalue weighted by Gasteiger charge is 2.28. The molecule has 2 aromatic rings. The van der Waals surface area contributed by atoms with Crippen LogP contribution in [0.1, 0.15) is 22.3 Å². The number of fused-ring (bicyclic) bond motifs is 2. The van der Waals surface area contributed by atoms with Crippen molar-refractivity contribution in [2.45, 2.75) is 24.6 Å². The van der Waals surface area contributed by atoms with Gasteiger partial charge in [0.05, 0.1) is 28.6 Å². The molecule has 0 saturated heterocycles. The van der Waals surface area contributed by atoms with Crippen LogP contribution in [0.2, 0.25) is 0 Å². The van der Waals surface area contributed by atoms with Gasteiger partial charge >= 0.3 is 0 Å². The van der Waals surface area contributed by atoms with Crippen molar-refractivity contribution in [2.24, 2.45) is 0 Å². The molecule has 4 unspecified atom stereocenters. The van der Waals surface area contributed by atoms with Gasteiger partial charge in [0.25, 0.3) is 0 Å². The maximum Gasteiger partial charge on any atom is 0.0894 e. The van der Waals surface area contributed by atoms with E-state index in [2.05, 4.69) is 0 Å². The summed E-state index contributed by atoms with van der Waals surface area (Å²) in [7, 11) is -10.2. The Balaban J connectivity index is 2.00. The van der Waals surface area contributed by atoms with E-state index in [0.29, 0.717) is 49.3 Å². The van der Waals surface area contributed by atoms with Crippen LogP contribution in [0.4, 0.5) is 0 Å². The molecule has 3 rings (SSSR count). The van der Waals surface area contributed by atoms with Gasteiger partial charge in [-0.05, 0) is 48.9 Å². The van der Waals surface area contributed by atoms with E-state index in [1.54, 1.807) is 26.7 Å². The largest absolute Gasteiger partial charge is 0.323 e. The van der Waals surface area contributed by atoms with Crippen LogP contribution in [0.15, 0.2) is 48.5 Å². The molecule has 1 heterocycles. The molecule has 0 bridgehead atoms. The number of hydrogen-bond acceptors (Lipinski definition) is 4. The van der Waals surface area contributed by atoms with E-state index >= 15 is 0 Å². The monoisotopic (exact) mass is 512 g/mol. The van der Waals surface area contributed by atoms with Crippen molar-refractivity contribution in [3.05, 3.63) is 70.8 Å². The fourth-order valence-electron chi connectivity index (χ4n) is 4.34. The average Bonchev–Trinajstić information content (AvgIpc) is 2.67. The van der Waals surface area contributed by atoms with Crippen molar-refractivity contribution in [3.63, 3.8) is 0 Å². The maximum absolute atomic E-state index is 13.5. The summed E-state index contributed by atoms with van der Waals surface area (Å²) >= 11 is 0. The van der Waals surface area contributed by atoms with Crippen LogP contribution in [0.5, 0.6) is 0 Å². The van der Waals surface area contributed by atoms with E-state index < -0.39 is 28.6 Å². The highest BCUT2D eigenvalue weighted by atomic mass is 31.2. The Kier molecular flexibility index (Phi) is 8.05. The molecule has 176 valence electrons. The first-order chi connectivity index (χ1) is 14.8. The summed E-state index contributed by atoms with van der Waals surface area (Å²) in [4.78, 5) is 0. The Morgan fingerprint density at radius 3 is 0.812 bits per heavy atom. The van der Waals surface area contributed by atoms with E-state index in [-0.39, 0.29) is 0 Å². The normalized spacial score (nSPS) is 34.9. The quantitative estimate of drug-likeness (QED) is 0.346. The SMILES string of the molecule is CP1(=O)CCP(C)(=O)Cc2ccccc2CP(C)(=O)CCP(C)(=O)Cc2ccccc2C1.